The highest BCUT2D eigenvalue weighted by molar-refractivity contribution is 5.96. The van der Waals surface area contributed by atoms with Crippen molar-refractivity contribution in [3.05, 3.63) is 22.5 Å². The number of H-pyrrole nitrogens is 1. The minimum Gasteiger partial charge on any atom is -0.356 e. The Hall–Kier alpha value is -1.26. The predicted molar refractivity (Wildman–Crippen MR) is 50.0 cm³/mol. The highest BCUT2D eigenvalue weighted by Gasteiger charge is 2.32. The van der Waals surface area contributed by atoms with Gasteiger partial charge in [0.25, 0.3) is 0 Å². The summed E-state index contributed by atoms with van der Waals surface area (Å²) in [6.45, 7) is 5.14. The number of hydrogen-bond acceptors (Lipinski definition) is 1. The van der Waals surface area contributed by atoms with E-state index in [9.17, 15) is 18.0 Å². The number of aryl methyl sites for hydroxylation is 1. The summed E-state index contributed by atoms with van der Waals surface area (Å²) in [5.74, 6) is -0.906. The molecule has 0 saturated heterocycles. The number of carbonyl (C=O) groups is 1. The Morgan fingerprint density at radius 3 is 2.07 bits per heavy atom. The standard InChI is InChI=1S/C10H12F3NO/c1-5-6(2)9(14-7(5)3)8(15)4-10(11,12)13/h14H,4H2,1-3H3. The van der Waals surface area contributed by atoms with Gasteiger partial charge in [-0.25, -0.2) is 0 Å². The molecule has 5 heteroatoms. The van der Waals surface area contributed by atoms with Crippen molar-refractivity contribution < 1.29 is 18.0 Å². The second-order valence-corrected chi connectivity index (χ2v) is 3.59. The van der Waals surface area contributed by atoms with Crippen LogP contribution in [-0.2, 0) is 0 Å². The van der Waals surface area contributed by atoms with E-state index in [1.807, 2.05) is 0 Å². The van der Waals surface area contributed by atoms with E-state index < -0.39 is 18.4 Å². The topological polar surface area (TPSA) is 32.9 Å². The molecular weight excluding hydrogens is 207 g/mol. The molecule has 0 aliphatic rings. The molecule has 1 N–H and O–H groups in total. The molecule has 0 fully saturated rings. The average Bonchev–Trinajstić information content (AvgIpc) is 2.30. The summed E-state index contributed by atoms with van der Waals surface area (Å²) in [5, 5.41) is 0. The molecule has 0 aliphatic carbocycles. The number of carbonyl (C=O) groups excluding carboxylic acids is 1. The van der Waals surface area contributed by atoms with Gasteiger partial charge in [0, 0.05) is 5.69 Å². The molecule has 0 aromatic carbocycles. The second-order valence-electron chi connectivity index (χ2n) is 3.59. The van der Waals surface area contributed by atoms with Crippen LogP contribution in [0.5, 0.6) is 0 Å². The molecule has 84 valence electrons. The van der Waals surface area contributed by atoms with Gasteiger partial charge in [-0.2, -0.15) is 13.2 Å². The van der Waals surface area contributed by atoms with E-state index in [2.05, 4.69) is 4.98 Å². The third kappa shape index (κ3) is 2.61. The van der Waals surface area contributed by atoms with E-state index in [0.29, 0.717) is 5.56 Å². The average molecular weight is 219 g/mol. The van der Waals surface area contributed by atoms with Crippen LogP contribution >= 0.6 is 0 Å². The molecule has 0 atom stereocenters. The van der Waals surface area contributed by atoms with Crippen LogP contribution in [0.2, 0.25) is 0 Å². The summed E-state index contributed by atoms with van der Waals surface area (Å²) in [6, 6.07) is 0. The second kappa shape index (κ2) is 3.72. The molecule has 0 aliphatic heterocycles. The van der Waals surface area contributed by atoms with Gasteiger partial charge in [0.05, 0.1) is 5.69 Å². The van der Waals surface area contributed by atoms with Crippen molar-refractivity contribution in [1.29, 1.82) is 0 Å². The van der Waals surface area contributed by atoms with Crippen LogP contribution < -0.4 is 0 Å². The van der Waals surface area contributed by atoms with Gasteiger partial charge < -0.3 is 4.98 Å². The zero-order chi connectivity index (χ0) is 11.8. The monoisotopic (exact) mass is 219 g/mol. The van der Waals surface area contributed by atoms with Crippen LogP contribution in [0.4, 0.5) is 13.2 Å². The fourth-order valence-corrected chi connectivity index (χ4v) is 1.39. The maximum absolute atomic E-state index is 12.0. The quantitative estimate of drug-likeness (QED) is 0.762. The molecule has 1 aromatic rings. The van der Waals surface area contributed by atoms with Crippen LogP contribution in [0, 0.1) is 20.8 Å². The van der Waals surface area contributed by atoms with Gasteiger partial charge in [0.2, 0.25) is 0 Å². The van der Waals surface area contributed by atoms with Crippen LogP contribution in [0.3, 0.4) is 0 Å². The van der Waals surface area contributed by atoms with Crippen molar-refractivity contribution in [3.8, 4) is 0 Å². The first-order chi connectivity index (χ1) is 6.72. The first kappa shape index (κ1) is 11.8. The largest absolute Gasteiger partial charge is 0.396 e. The molecule has 1 rings (SSSR count). The van der Waals surface area contributed by atoms with Crippen LogP contribution in [-0.4, -0.2) is 16.9 Å². The summed E-state index contributed by atoms with van der Waals surface area (Å²) in [7, 11) is 0. The Morgan fingerprint density at radius 2 is 1.73 bits per heavy atom. The van der Waals surface area contributed by atoms with E-state index in [1.165, 1.54) is 0 Å². The predicted octanol–water partition coefficient (Wildman–Crippen LogP) is 3.08. The van der Waals surface area contributed by atoms with E-state index in [1.54, 1.807) is 20.8 Å². The number of halogens is 3. The minimum absolute atomic E-state index is 0.0716. The molecule has 2 nitrogen and oxygen atoms in total. The molecule has 15 heavy (non-hydrogen) atoms. The maximum atomic E-state index is 12.0. The van der Waals surface area contributed by atoms with Gasteiger partial charge in [-0.1, -0.05) is 0 Å². The number of alkyl halides is 3. The van der Waals surface area contributed by atoms with Crippen molar-refractivity contribution in [2.24, 2.45) is 0 Å². The fraction of sp³-hybridized carbons (Fsp3) is 0.500. The summed E-state index contributed by atoms with van der Waals surface area (Å²) in [6.07, 6.45) is -5.86. The van der Waals surface area contributed by atoms with E-state index in [0.717, 1.165) is 11.3 Å². The number of rotatable bonds is 2. The Kier molecular flexibility index (Phi) is 2.93. The Labute approximate surface area is 85.5 Å². The lowest BCUT2D eigenvalue weighted by atomic mass is 10.1. The van der Waals surface area contributed by atoms with Crippen molar-refractivity contribution >= 4 is 5.78 Å². The highest BCUT2D eigenvalue weighted by atomic mass is 19.4. The summed E-state index contributed by atoms with van der Waals surface area (Å²) in [4.78, 5) is 14.0. The third-order valence-corrected chi connectivity index (χ3v) is 2.45. The Balaban J connectivity index is 2.98. The Bertz CT molecular complexity index is 390. The number of ketones is 1. The highest BCUT2D eigenvalue weighted by Crippen LogP contribution is 2.24. The molecule has 0 unspecified atom stereocenters. The number of hydrogen-bond donors (Lipinski definition) is 1. The molecule has 1 heterocycles. The van der Waals surface area contributed by atoms with Crippen LogP contribution in [0.15, 0.2) is 0 Å². The summed E-state index contributed by atoms with van der Waals surface area (Å²) in [5.41, 5.74) is 2.24. The Morgan fingerprint density at radius 1 is 1.20 bits per heavy atom. The normalized spacial score (nSPS) is 11.9. The number of nitrogens with one attached hydrogen (secondary N) is 1. The van der Waals surface area contributed by atoms with Gasteiger partial charge in [-0.05, 0) is 31.9 Å². The van der Waals surface area contributed by atoms with Gasteiger partial charge in [0.15, 0.2) is 5.78 Å². The van der Waals surface area contributed by atoms with Gasteiger partial charge in [0.1, 0.15) is 6.42 Å². The maximum Gasteiger partial charge on any atom is 0.396 e. The molecule has 0 amide bonds. The molecule has 0 bridgehead atoms. The lowest BCUT2D eigenvalue weighted by Gasteiger charge is -2.04. The molecule has 0 radical (unpaired) electrons. The molecule has 1 aromatic heterocycles. The van der Waals surface area contributed by atoms with E-state index in [-0.39, 0.29) is 5.69 Å². The molecule has 0 spiro atoms. The lowest BCUT2D eigenvalue weighted by molar-refractivity contribution is -0.125. The van der Waals surface area contributed by atoms with Crippen molar-refractivity contribution in [1.82, 2.24) is 4.98 Å². The first-order valence-corrected chi connectivity index (χ1v) is 4.48. The zero-order valence-electron chi connectivity index (χ0n) is 8.75. The smallest absolute Gasteiger partial charge is 0.356 e. The SMILES string of the molecule is Cc1[nH]c(C(=O)CC(F)(F)F)c(C)c1C. The summed E-state index contributed by atoms with van der Waals surface area (Å²) < 4.78 is 36.0. The van der Waals surface area contributed by atoms with Crippen LogP contribution in [0.25, 0.3) is 0 Å². The third-order valence-electron chi connectivity index (χ3n) is 2.45. The van der Waals surface area contributed by atoms with Gasteiger partial charge in [-0.3, -0.25) is 4.79 Å². The minimum atomic E-state index is -4.45. The van der Waals surface area contributed by atoms with E-state index >= 15 is 0 Å². The summed E-state index contributed by atoms with van der Waals surface area (Å²) >= 11 is 0. The number of aromatic amines is 1. The fourth-order valence-electron chi connectivity index (χ4n) is 1.39. The van der Waals surface area contributed by atoms with Crippen molar-refractivity contribution in [2.45, 2.75) is 33.4 Å². The van der Waals surface area contributed by atoms with Crippen molar-refractivity contribution in [2.75, 3.05) is 0 Å². The number of aromatic nitrogens is 1. The van der Waals surface area contributed by atoms with Gasteiger partial charge >= 0.3 is 6.18 Å². The number of Topliss-reactive ketones (excluding diaryl/α,β-unsaturated/α-hetero) is 1. The van der Waals surface area contributed by atoms with Crippen LogP contribution in [0.1, 0.15) is 33.7 Å². The molecular formula is C10H12F3NO. The first-order valence-electron chi connectivity index (χ1n) is 4.48. The van der Waals surface area contributed by atoms with E-state index in [4.69, 9.17) is 0 Å². The molecule has 0 saturated carbocycles. The van der Waals surface area contributed by atoms with Crippen molar-refractivity contribution in [3.63, 3.8) is 0 Å². The van der Waals surface area contributed by atoms with Gasteiger partial charge in [-0.15, -0.1) is 0 Å². The lowest BCUT2D eigenvalue weighted by Crippen LogP contribution is -2.16. The zero-order valence-corrected chi connectivity index (χ0v) is 8.75.